The summed E-state index contributed by atoms with van der Waals surface area (Å²) in [5.74, 6) is -1.84. The lowest BCUT2D eigenvalue weighted by Gasteiger charge is -2.27. The maximum absolute atomic E-state index is 12.8. The normalized spacial score (nSPS) is 15.5. The summed E-state index contributed by atoms with van der Waals surface area (Å²) in [4.78, 5) is 49.1. The van der Waals surface area contributed by atoms with Crippen LogP contribution in [-0.4, -0.2) is 53.3 Å². The lowest BCUT2D eigenvalue weighted by molar-refractivity contribution is -0.135. The van der Waals surface area contributed by atoms with Gasteiger partial charge in [-0.2, -0.15) is 0 Å². The van der Waals surface area contributed by atoms with Crippen LogP contribution in [-0.2, 0) is 19.2 Å². The van der Waals surface area contributed by atoms with Gasteiger partial charge in [0.15, 0.2) is 5.78 Å². The van der Waals surface area contributed by atoms with Crippen LogP contribution in [0.5, 0.6) is 0 Å². The van der Waals surface area contributed by atoms with E-state index < -0.39 is 36.5 Å². The van der Waals surface area contributed by atoms with Gasteiger partial charge in [-0.1, -0.05) is 41.5 Å². The third-order valence-corrected chi connectivity index (χ3v) is 4.64. The minimum atomic E-state index is -1.01. The summed E-state index contributed by atoms with van der Waals surface area (Å²) in [5, 5.41) is 17.2. The van der Waals surface area contributed by atoms with Crippen molar-refractivity contribution >= 4 is 23.5 Å². The molecule has 8 heteroatoms. The van der Waals surface area contributed by atoms with Gasteiger partial charge in [-0.05, 0) is 31.6 Å². The topological polar surface area (TPSA) is 125 Å². The average Bonchev–Trinajstić information content (AvgIpc) is 2.61. The molecule has 0 saturated carbocycles. The molecule has 28 heavy (non-hydrogen) atoms. The molecular weight excluding hydrogens is 362 g/mol. The van der Waals surface area contributed by atoms with Gasteiger partial charge in [0.25, 0.3) is 0 Å². The zero-order valence-corrected chi connectivity index (χ0v) is 18.2. The van der Waals surface area contributed by atoms with Gasteiger partial charge >= 0.3 is 0 Å². The van der Waals surface area contributed by atoms with Crippen LogP contribution in [0.25, 0.3) is 0 Å². The van der Waals surface area contributed by atoms with Gasteiger partial charge in [0, 0.05) is 5.92 Å². The minimum absolute atomic E-state index is 0.105. The molecule has 0 rings (SSSR count). The summed E-state index contributed by atoms with van der Waals surface area (Å²) < 4.78 is 0. The van der Waals surface area contributed by atoms with E-state index in [4.69, 9.17) is 0 Å². The van der Waals surface area contributed by atoms with Crippen molar-refractivity contribution in [3.05, 3.63) is 0 Å². The molecule has 0 radical (unpaired) electrons. The number of carbonyl (C=O) groups is 4. The number of amides is 3. The van der Waals surface area contributed by atoms with Gasteiger partial charge in [0.05, 0.1) is 6.61 Å². The number of rotatable bonds is 12. The average molecular weight is 400 g/mol. The molecule has 0 aliphatic carbocycles. The summed E-state index contributed by atoms with van der Waals surface area (Å²) in [7, 11) is 0. The van der Waals surface area contributed by atoms with Crippen LogP contribution in [0.3, 0.4) is 0 Å². The van der Waals surface area contributed by atoms with Gasteiger partial charge in [-0.3, -0.25) is 19.2 Å². The minimum Gasteiger partial charge on any atom is -0.394 e. The van der Waals surface area contributed by atoms with Crippen molar-refractivity contribution in [1.29, 1.82) is 0 Å². The molecule has 0 saturated heterocycles. The first-order chi connectivity index (χ1) is 12.9. The Morgan fingerprint density at radius 1 is 0.821 bits per heavy atom. The highest BCUT2D eigenvalue weighted by Gasteiger charge is 2.31. The third kappa shape index (κ3) is 8.82. The number of carbonyl (C=O) groups excluding carboxylic acids is 4. The first kappa shape index (κ1) is 26.0. The summed E-state index contributed by atoms with van der Waals surface area (Å²) in [6.45, 7) is 11.9. The lowest BCUT2D eigenvalue weighted by Crippen LogP contribution is -2.57. The number of aliphatic hydroxyl groups excluding tert-OH is 1. The Morgan fingerprint density at radius 2 is 1.36 bits per heavy atom. The monoisotopic (exact) mass is 399 g/mol. The van der Waals surface area contributed by atoms with Crippen molar-refractivity contribution in [3.63, 3.8) is 0 Å². The second-order valence-electron chi connectivity index (χ2n) is 8.08. The number of hydrogen-bond donors (Lipinski definition) is 4. The first-order valence-corrected chi connectivity index (χ1v) is 9.96. The molecule has 0 bridgehead atoms. The van der Waals surface area contributed by atoms with Gasteiger partial charge in [0.1, 0.15) is 18.1 Å². The van der Waals surface area contributed by atoms with E-state index in [0.29, 0.717) is 12.8 Å². The fourth-order valence-corrected chi connectivity index (χ4v) is 2.53. The molecule has 162 valence electrons. The molecule has 0 fully saturated rings. The van der Waals surface area contributed by atoms with Gasteiger partial charge < -0.3 is 21.1 Å². The zero-order chi connectivity index (χ0) is 22.0. The maximum Gasteiger partial charge on any atom is 0.243 e. The van der Waals surface area contributed by atoms with E-state index in [1.165, 1.54) is 6.92 Å². The molecular formula is C20H37N3O5. The van der Waals surface area contributed by atoms with E-state index in [1.54, 1.807) is 6.92 Å². The molecule has 0 aromatic heterocycles. The van der Waals surface area contributed by atoms with Crippen molar-refractivity contribution in [1.82, 2.24) is 16.0 Å². The molecule has 4 atom stereocenters. The molecule has 0 aliphatic rings. The van der Waals surface area contributed by atoms with Crippen molar-refractivity contribution in [2.24, 2.45) is 17.8 Å². The standard InChI is InChI=1S/C20H37N3O5/c1-8-13(6)18(26)23-17(12(4)5)20(28)21-15(9-11(2)3)19(27)22-16(10-24)14(7)25/h11-13,15-17,24H,8-10H2,1-7H3,(H,21,28)(H,22,27)(H,23,26). The van der Waals surface area contributed by atoms with Gasteiger partial charge in [-0.15, -0.1) is 0 Å². The highest BCUT2D eigenvalue weighted by atomic mass is 16.3. The van der Waals surface area contributed by atoms with Gasteiger partial charge in [0.2, 0.25) is 17.7 Å². The van der Waals surface area contributed by atoms with Crippen molar-refractivity contribution in [3.8, 4) is 0 Å². The summed E-state index contributed by atoms with van der Waals surface area (Å²) in [6.07, 6.45) is 1.02. The van der Waals surface area contributed by atoms with Crippen LogP contribution in [0, 0.1) is 17.8 Å². The van der Waals surface area contributed by atoms with E-state index in [0.717, 1.165) is 0 Å². The number of ketones is 1. The Balaban J connectivity index is 5.31. The van der Waals surface area contributed by atoms with Crippen LogP contribution < -0.4 is 16.0 Å². The summed E-state index contributed by atoms with van der Waals surface area (Å²) in [5.41, 5.74) is 0. The molecule has 0 aromatic carbocycles. The summed E-state index contributed by atoms with van der Waals surface area (Å²) >= 11 is 0. The third-order valence-electron chi connectivity index (χ3n) is 4.64. The summed E-state index contributed by atoms with van der Waals surface area (Å²) in [6, 6.07) is -2.65. The van der Waals surface area contributed by atoms with Crippen LogP contribution in [0.1, 0.15) is 61.3 Å². The van der Waals surface area contributed by atoms with Gasteiger partial charge in [-0.25, -0.2) is 0 Å². The van der Waals surface area contributed by atoms with Crippen molar-refractivity contribution < 1.29 is 24.3 Å². The predicted octanol–water partition coefficient (Wildman–Crippen LogP) is 0.770. The molecule has 0 aromatic rings. The second kappa shape index (κ2) is 12.5. The van der Waals surface area contributed by atoms with Crippen molar-refractivity contribution in [2.75, 3.05) is 6.61 Å². The van der Waals surface area contributed by atoms with E-state index >= 15 is 0 Å². The van der Waals surface area contributed by atoms with E-state index in [9.17, 15) is 24.3 Å². The van der Waals surface area contributed by atoms with E-state index in [1.807, 2.05) is 34.6 Å². The zero-order valence-electron chi connectivity index (χ0n) is 18.2. The smallest absolute Gasteiger partial charge is 0.243 e. The molecule has 8 nitrogen and oxygen atoms in total. The Labute approximate surface area is 168 Å². The molecule has 4 unspecified atom stereocenters. The van der Waals surface area contributed by atoms with Crippen LogP contribution in [0.2, 0.25) is 0 Å². The number of aliphatic hydroxyl groups is 1. The number of nitrogens with one attached hydrogen (secondary N) is 3. The first-order valence-electron chi connectivity index (χ1n) is 9.96. The highest BCUT2D eigenvalue weighted by Crippen LogP contribution is 2.10. The lowest BCUT2D eigenvalue weighted by atomic mass is 9.98. The largest absolute Gasteiger partial charge is 0.394 e. The molecule has 3 amide bonds. The Morgan fingerprint density at radius 3 is 1.75 bits per heavy atom. The number of hydrogen-bond acceptors (Lipinski definition) is 5. The maximum atomic E-state index is 12.8. The van der Waals surface area contributed by atoms with Crippen molar-refractivity contribution in [2.45, 2.75) is 79.4 Å². The molecule has 0 spiro atoms. The Hall–Kier alpha value is -1.96. The number of Topliss-reactive ketones (excluding diaryl/α,β-unsaturated/α-hetero) is 1. The molecule has 4 N–H and O–H groups in total. The second-order valence-corrected chi connectivity index (χ2v) is 8.08. The Bertz CT molecular complexity index is 548. The molecule has 0 aliphatic heterocycles. The SMILES string of the molecule is CCC(C)C(=O)NC(C(=O)NC(CC(C)C)C(=O)NC(CO)C(C)=O)C(C)C. The van der Waals surface area contributed by atoms with E-state index in [-0.39, 0.29) is 29.4 Å². The van der Waals surface area contributed by atoms with E-state index in [2.05, 4.69) is 16.0 Å². The van der Waals surface area contributed by atoms with Crippen LogP contribution in [0.4, 0.5) is 0 Å². The van der Waals surface area contributed by atoms with Crippen LogP contribution >= 0.6 is 0 Å². The fourth-order valence-electron chi connectivity index (χ4n) is 2.53. The Kier molecular flexibility index (Phi) is 11.6. The quantitative estimate of drug-likeness (QED) is 0.386. The fraction of sp³-hybridized carbons (Fsp3) is 0.800. The van der Waals surface area contributed by atoms with Crippen LogP contribution in [0.15, 0.2) is 0 Å². The highest BCUT2D eigenvalue weighted by molar-refractivity contribution is 5.94. The predicted molar refractivity (Wildman–Crippen MR) is 107 cm³/mol. The molecule has 0 heterocycles.